The molecule has 1 saturated heterocycles. The zero-order chi connectivity index (χ0) is 32.4. The lowest BCUT2D eigenvalue weighted by atomic mass is 9.51. The van der Waals surface area contributed by atoms with Gasteiger partial charge in [-0.05, 0) is 47.4 Å². The number of nitrogens with zero attached hydrogens (tertiary/aromatic N) is 5. The van der Waals surface area contributed by atoms with Gasteiger partial charge in [-0.1, -0.05) is 74.5 Å². The van der Waals surface area contributed by atoms with E-state index in [4.69, 9.17) is 16.6 Å². The Bertz CT molecular complexity index is 2170. The van der Waals surface area contributed by atoms with Gasteiger partial charge in [-0.3, -0.25) is 23.9 Å². The number of benzene rings is 2. The van der Waals surface area contributed by atoms with Crippen LogP contribution in [0.4, 0.5) is 4.39 Å². The second-order valence-electron chi connectivity index (χ2n) is 12.4. The fourth-order valence-corrected chi connectivity index (χ4v) is 6.54. The van der Waals surface area contributed by atoms with Crippen molar-refractivity contribution < 1.29 is 9.18 Å². The van der Waals surface area contributed by atoms with Crippen molar-refractivity contribution in [1.29, 1.82) is 0 Å². The molecule has 45 heavy (non-hydrogen) atoms. The fraction of sp³-hybridized carbons (Fsp3) is 0.242. The van der Waals surface area contributed by atoms with Gasteiger partial charge >= 0.3 is 11.1 Å². The first kappa shape index (κ1) is 30.5. The standard InChI is InChI=1S/C33H31B2ClFN5O3/c1-5-25(43)40-16-32(37,17-40)33(34,35)42-24-15-23(36)27(22-12-8-10-20-9-6-7-11-21(20)22)39-29(24)41(30(44)31(42)45)28-19(4)13-14-38-26(28)18(2)3/h5-15,18H,1,16-17,34-35H2,2-4H3. The van der Waals surface area contributed by atoms with Crippen molar-refractivity contribution in [2.75, 3.05) is 13.1 Å². The molecule has 1 fully saturated rings. The molecule has 0 radical (unpaired) electrons. The van der Waals surface area contributed by atoms with Crippen LogP contribution in [0.1, 0.15) is 31.0 Å². The van der Waals surface area contributed by atoms with Crippen LogP contribution in [0, 0.1) is 6.92 Å². The summed E-state index contributed by atoms with van der Waals surface area (Å²) in [6.45, 7) is 8.70. The summed E-state index contributed by atoms with van der Waals surface area (Å²) in [5.41, 5.74) is -0.620. The lowest BCUT2D eigenvalue weighted by molar-refractivity contribution is -0.143. The summed E-state index contributed by atoms with van der Waals surface area (Å²) in [5.74, 6) is -0.507. The number of halogens is 2. The number of carbonyl (C=O) groups is 1. The lowest BCUT2D eigenvalue weighted by Gasteiger charge is -2.53. The SMILES string of the molecule is BC(B)(n1c(=O)c(=O)n(-c2c(C)ccnc2C(C)C)c2nc(-c3cccc4ccccc34)c(Cl)cc21)C1(F)CN(C(=O)C=C)C1. The molecule has 12 heteroatoms. The highest BCUT2D eigenvalue weighted by atomic mass is 35.5. The highest BCUT2D eigenvalue weighted by molar-refractivity contribution is 6.39. The van der Waals surface area contributed by atoms with Gasteiger partial charge < -0.3 is 9.47 Å². The molecule has 3 aromatic heterocycles. The molecular formula is C33H31B2ClFN5O3. The van der Waals surface area contributed by atoms with Crippen molar-refractivity contribution in [2.24, 2.45) is 0 Å². The number of likely N-dealkylation sites (tertiary alicyclic amines) is 1. The number of fused-ring (bicyclic) bond motifs is 2. The molecule has 5 aromatic rings. The van der Waals surface area contributed by atoms with Crippen molar-refractivity contribution >= 4 is 55.1 Å². The van der Waals surface area contributed by atoms with Gasteiger partial charge in [-0.2, -0.15) is 0 Å². The highest BCUT2D eigenvalue weighted by Gasteiger charge is 2.57. The number of amides is 1. The van der Waals surface area contributed by atoms with E-state index in [1.54, 1.807) is 34.0 Å². The summed E-state index contributed by atoms with van der Waals surface area (Å²) in [4.78, 5) is 51.6. The summed E-state index contributed by atoms with van der Waals surface area (Å²) < 4.78 is 19.1. The minimum absolute atomic E-state index is 0.0944. The van der Waals surface area contributed by atoms with Crippen molar-refractivity contribution in [3.05, 3.63) is 110 Å². The topological polar surface area (TPSA) is 90.1 Å². The van der Waals surface area contributed by atoms with Gasteiger partial charge in [-0.15, -0.1) is 0 Å². The second kappa shape index (κ2) is 10.8. The van der Waals surface area contributed by atoms with E-state index in [2.05, 4.69) is 11.6 Å². The molecule has 4 heterocycles. The van der Waals surface area contributed by atoms with Crippen molar-refractivity contribution in [1.82, 2.24) is 24.0 Å². The molecule has 0 bridgehead atoms. The first-order valence-corrected chi connectivity index (χ1v) is 15.1. The average Bonchev–Trinajstić information content (AvgIpc) is 2.99. The van der Waals surface area contributed by atoms with Gasteiger partial charge in [0.2, 0.25) is 5.91 Å². The maximum absolute atomic E-state index is 16.7. The quantitative estimate of drug-likeness (QED) is 0.165. The number of hydrogen-bond donors (Lipinski definition) is 0. The summed E-state index contributed by atoms with van der Waals surface area (Å²) in [6, 6.07) is 16.9. The van der Waals surface area contributed by atoms with E-state index in [0.717, 1.165) is 32.5 Å². The van der Waals surface area contributed by atoms with E-state index in [1.165, 1.54) is 9.47 Å². The van der Waals surface area contributed by atoms with Gasteiger partial charge in [0, 0.05) is 17.1 Å². The Hall–Kier alpha value is -4.50. The fourth-order valence-electron chi connectivity index (χ4n) is 6.29. The van der Waals surface area contributed by atoms with Crippen molar-refractivity contribution in [3.63, 3.8) is 0 Å². The smallest absolute Gasteiger partial charge is 0.322 e. The van der Waals surface area contributed by atoms with Gasteiger partial charge in [-0.25, -0.2) is 9.37 Å². The summed E-state index contributed by atoms with van der Waals surface area (Å²) in [7, 11) is 3.10. The third-order valence-corrected chi connectivity index (χ3v) is 9.26. The van der Waals surface area contributed by atoms with E-state index < -0.39 is 28.0 Å². The molecule has 1 amide bonds. The van der Waals surface area contributed by atoms with Gasteiger partial charge in [0.15, 0.2) is 11.3 Å². The van der Waals surface area contributed by atoms with Crippen LogP contribution in [0.2, 0.25) is 5.02 Å². The second-order valence-corrected chi connectivity index (χ2v) is 12.8. The Morgan fingerprint density at radius 1 is 1.11 bits per heavy atom. The van der Waals surface area contributed by atoms with E-state index in [1.807, 2.05) is 63.2 Å². The molecule has 0 N–H and O–H groups in total. The molecule has 0 saturated carbocycles. The maximum atomic E-state index is 16.7. The van der Waals surface area contributed by atoms with Crippen molar-refractivity contribution in [3.8, 4) is 16.9 Å². The highest BCUT2D eigenvalue weighted by Crippen LogP contribution is 2.40. The number of aryl methyl sites for hydroxylation is 1. The molecule has 226 valence electrons. The minimum Gasteiger partial charge on any atom is -0.333 e. The first-order chi connectivity index (χ1) is 21.3. The van der Waals surface area contributed by atoms with E-state index >= 15 is 4.39 Å². The number of rotatable bonds is 6. The minimum atomic E-state index is -2.03. The molecule has 0 spiro atoms. The average molecular weight is 622 g/mol. The van der Waals surface area contributed by atoms with Crippen LogP contribution in [0.5, 0.6) is 0 Å². The van der Waals surface area contributed by atoms with Crippen LogP contribution in [0.25, 0.3) is 38.9 Å². The Labute approximate surface area is 266 Å². The molecule has 0 unspecified atom stereocenters. The largest absolute Gasteiger partial charge is 0.333 e. The van der Waals surface area contributed by atoms with Gasteiger partial charge in [0.05, 0.1) is 40.7 Å². The molecule has 2 aromatic carbocycles. The molecule has 0 atom stereocenters. The normalized spacial score (nSPS) is 14.6. The Balaban J connectivity index is 1.73. The Kier molecular flexibility index (Phi) is 7.35. The maximum Gasteiger partial charge on any atom is 0.322 e. The molecule has 6 rings (SSSR count). The molecular weight excluding hydrogens is 590 g/mol. The van der Waals surface area contributed by atoms with Gasteiger partial charge in [0.1, 0.15) is 15.7 Å². The third kappa shape index (κ3) is 4.63. The Morgan fingerprint density at radius 2 is 1.80 bits per heavy atom. The van der Waals surface area contributed by atoms with Crippen LogP contribution in [-0.4, -0.2) is 64.4 Å². The van der Waals surface area contributed by atoms with Crippen LogP contribution in [0.15, 0.2) is 83.0 Å². The first-order valence-electron chi connectivity index (χ1n) is 14.7. The number of aromatic nitrogens is 4. The third-order valence-electron chi connectivity index (χ3n) is 8.97. The molecule has 0 aliphatic carbocycles. The lowest BCUT2D eigenvalue weighted by Crippen LogP contribution is -2.74. The van der Waals surface area contributed by atoms with Crippen LogP contribution >= 0.6 is 11.6 Å². The monoisotopic (exact) mass is 621 g/mol. The molecule has 8 nitrogen and oxygen atoms in total. The predicted molar refractivity (Wildman–Crippen MR) is 182 cm³/mol. The molecule has 1 aliphatic heterocycles. The van der Waals surface area contributed by atoms with Gasteiger partial charge in [0.25, 0.3) is 0 Å². The van der Waals surface area contributed by atoms with Crippen molar-refractivity contribution in [2.45, 2.75) is 37.7 Å². The summed E-state index contributed by atoms with van der Waals surface area (Å²) in [5, 5.41) is 0.533. The number of hydrogen-bond acceptors (Lipinski definition) is 5. The Morgan fingerprint density at radius 3 is 2.49 bits per heavy atom. The van der Waals surface area contributed by atoms with E-state index in [0.29, 0.717) is 17.1 Å². The molecule has 1 aliphatic rings. The number of pyridine rings is 2. The van der Waals surface area contributed by atoms with Crippen LogP contribution in [-0.2, 0) is 10.1 Å². The van der Waals surface area contributed by atoms with E-state index in [-0.39, 0.29) is 35.2 Å². The zero-order valence-corrected chi connectivity index (χ0v) is 26.5. The number of alkyl halides is 1. The summed E-state index contributed by atoms with van der Waals surface area (Å²) >= 11 is 6.97. The predicted octanol–water partition coefficient (Wildman–Crippen LogP) is 3.46. The number of carbonyl (C=O) groups excluding carboxylic acids is 1. The zero-order valence-electron chi connectivity index (χ0n) is 25.8. The summed E-state index contributed by atoms with van der Waals surface area (Å²) in [6.07, 6.45) is 2.79. The van der Waals surface area contributed by atoms with Crippen LogP contribution in [0.3, 0.4) is 0 Å². The van der Waals surface area contributed by atoms with E-state index in [9.17, 15) is 14.4 Å². The van der Waals surface area contributed by atoms with Crippen LogP contribution < -0.4 is 11.1 Å².